The van der Waals surface area contributed by atoms with Gasteiger partial charge in [-0.25, -0.2) is 4.39 Å². The predicted molar refractivity (Wildman–Crippen MR) is 127 cm³/mol. The number of nitrogens with zero attached hydrogens (tertiary/aromatic N) is 1. The highest BCUT2D eigenvalue weighted by Gasteiger charge is 2.39. The molecule has 2 amide bonds. The van der Waals surface area contributed by atoms with Crippen molar-refractivity contribution in [2.75, 3.05) is 20.6 Å². The maximum absolute atomic E-state index is 12.9. The minimum atomic E-state index is -0.260. The molecule has 0 atom stereocenters. The summed E-state index contributed by atoms with van der Waals surface area (Å²) in [5.41, 5.74) is 1.05. The maximum Gasteiger partial charge on any atom is 0.220 e. The van der Waals surface area contributed by atoms with Crippen LogP contribution >= 0.6 is 11.3 Å². The third-order valence-corrected chi connectivity index (χ3v) is 7.53. The van der Waals surface area contributed by atoms with Gasteiger partial charge < -0.3 is 10.6 Å². The lowest BCUT2D eigenvalue weighted by atomic mass is 9.77. The quantitative estimate of drug-likeness (QED) is 0.559. The standard InChI is InChI=1S/C25H34FN3O2S/c1-29(2)25(22-5-4-18-32-22)15-12-21(13-16-25)28-24(31)7-3-6-23(30)27-17-14-19-8-10-20(26)11-9-19/h4-5,8-11,18,21H,3,6-7,12-17H2,1-2H3,(H,27,30)(H,28,31). The van der Waals surface area contributed by atoms with Crippen molar-refractivity contribution < 1.29 is 14.0 Å². The van der Waals surface area contributed by atoms with E-state index < -0.39 is 0 Å². The monoisotopic (exact) mass is 459 g/mol. The van der Waals surface area contributed by atoms with Crippen molar-refractivity contribution in [3.8, 4) is 0 Å². The molecule has 3 rings (SSSR count). The summed E-state index contributed by atoms with van der Waals surface area (Å²) in [4.78, 5) is 28.1. The molecule has 1 saturated carbocycles. The fourth-order valence-electron chi connectivity index (χ4n) is 4.49. The SMILES string of the molecule is CN(C)C1(c2cccs2)CCC(NC(=O)CCCC(=O)NCCc2ccc(F)cc2)CC1. The highest BCUT2D eigenvalue weighted by atomic mass is 32.1. The van der Waals surface area contributed by atoms with E-state index in [2.05, 4.69) is 47.1 Å². The van der Waals surface area contributed by atoms with Gasteiger partial charge in [0.15, 0.2) is 0 Å². The van der Waals surface area contributed by atoms with E-state index in [0.717, 1.165) is 31.2 Å². The lowest BCUT2D eigenvalue weighted by Crippen LogP contribution is -2.48. The van der Waals surface area contributed by atoms with Crippen LogP contribution in [0.25, 0.3) is 0 Å². The van der Waals surface area contributed by atoms with Gasteiger partial charge in [0, 0.05) is 30.3 Å². The molecule has 1 aromatic carbocycles. The number of hydrogen-bond acceptors (Lipinski definition) is 4. The third kappa shape index (κ3) is 6.62. The van der Waals surface area contributed by atoms with E-state index in [0.29, 0.717) is 32.2 Å². The van der Waals surface area contributed by atoms with Gasteiger partial charge >= 0.3 is 0 Å². The van der Waals surface area contributed by atoms with Crippen LogP contribution in [0.15, 0.2) is 41.8 Å². The Labute approximate surface area is 194 Å². The van der Waals surface area contributed by atoms with E-state index in [9.17, 15) is 14.0 Å². The zero-order chi connectivity index (χ0) is 23.0. The molecule has 1 heterocycles. The van der Waals surface area contributed by atoms with Gasteiger partial charge in [-0.15, -0.1) is 11.3 Å². The molecule has 0 radical (unpaired) electrons. The second-order valence-corrected chi connectivity index (χ2v) is 9.77. The van der Waals surface area contributed by atoms with Crippen LogP contribution in [0.1, 0.15) is 55.4 Å². The third-order valence-electron chi connectivity index (χ3n) is 6.47. The Balaban J connectivity index is 1.31. The van der Waals surface area contributed by atoms with E-state index >= 15 is 0 Å². The van der Waals surface area contributed by atoms with Crippen LogP contribution in [0.5, 0.6) is 0 Å². The lowest BCUT2D eigenvalue weighted by molar-refractivity contribution is -0.123. The minimum Gasteiger partial charge on any atom is -0.356 e. The van der Waals surface area contributed by atoms with Crippen LogP contribution in [0.4, 0.5) is 4.39 Å². The number of rotatable bonds is 10. The molecule has 7 heteroatoms. The van der Waals surface area contributed by atoms with Crippen molar-refractivity contribution >= 4 is 23.2 Å². The van der Waals surface area contributed by atoms with Gasteiger partial charge in [0.2, 0.25) is 11.8 Å². The van der Waals surface area contributed by atoms with E-state index in [4.69, 9.17) is 0 Å². The Morgan fingerprint density at radius 1 is 1.09 bits per heavy atom. The number of thiophene rings is 1. The highest BCUT2D eigenvalue weighted by Crippen LogP contribution is 2.42. The number of hydrogen-bond donors (Lipinski definition) is 2. The Morgan fingerprint density at radius 3 is 2.41 bits per heavy atom. The molecule has 174 valence electrons. The zero-order valence-electron chi connectivity index (χ0n) is 19.0. The summed E-state index contributed by atoms with van der Waals surface area (Å²) in [7, 11) is 4.28. The van der Waals surface area contributed by atoms with Crippen molar-refractivity contribution in [1.29, 1.82) is 0 Å². The predicted octanol–water partition coefficient (Wildman–Crippen LogP) is 4.23. The summed E-state index contributed by atoms with van der Waals surface area (Å²) in [6, 6.07) is 10.8. The smallest absolute Gasteiger partial charge is 0.220 e. The van der Waals surface area contributed by atoms with E-state index in [-0.39, 0.29) is 29.2 Å². The molecule has 32 heavy (non-hydrogen) atoms. The molecule has 0 bridgehead atoms. The first-order chi connectivity index (χ1) is 15.4. The molecule has 5 nitrogen and oxygen atoms in total. The first kappa shape index (κ1) is 24.4. The van der Waals surface area contributed by atoms with Crippen LogP contribution in [-0.4, -0.2) is 43.4 Å². The molecule has 1 fully saturated rings. The first-order valence-corrected chi connectivity index (χ1v) is 12.3. The molecule has 0 saturated heterocycles. The number of amides is 2. The fourth-order valence-corrected chi connectivity index (χ4v) is 5.56. The average Bonchev–Trinajstić information content (AvgIpc) is 3.31. The molecule has 2 N–H and O–H groups in total. The molecule has 1 aliphatic carbocycles. The zero-order valence-corrected chi connectivity index (χ0v) is 19.8. The highest BCUT2D eigenvalue weighted by molar-refractivity contribution is 7.10. The minimum absolute atomic E-state index is 0.0302. The molecule has 0 aliphatic heterocycles. The summed E-state index contributed by atoms with van der Waals surface area (Å²) >= 11 is 1.81. The maximum atomic E-state index is 12.9. The van der Waals surface area contributed by atoms with Gasteiger partial charge in [-0.3, -0.25) is 14.5 Å². The molecule has 0 spiro atoms. The van der Waals surface area contributed by atoms with Gasteiger partial charge in [0.05, 0.1) is 5.54 Å². The van der Waals surface area contributed by atoms with Gasteiger partial charge in [-0.05, 0) is 81.8 Å². The van der Waals surface area contributed by atoms with Crippen LogP contribution in [-0.2, 0) is 21.5 Å². The Morgan fingerprint density at radius 2 is 1.78 bits per heavy atom. The molecule has 1 aromatic heterocycles. The summed E-state index contributed by atoms with van der Waals surface area (Å²) in [5.74, 6) is -0.282. The Hall–Kier alpha value is -2.25. The Bertz CT molecular complexity index is 860. The topological polar surface area (TPSA) is 61.4 Å². The second-order valence-electron chi connectivity index (χ2n) is 8.83. The normalized spacial score (nSPS) is 20.8. The molecule has 1 aliphatic rings. The molecular formula is C25H34FN3O2S. The Kier molecular flexibility index (Phi) is 8.82. The number of halogens is 1. The molecule has 0 unspecified atom stereocenters. The molecule has 2 aromatic rings. The van der Waals surface area contributed by atoms with Gasteiger partial charge in [-0.2, -0.15) is 0 Å². The molecular weight excluding hydrogens is 425 g/mol. The summed E-state index contributed by atoms with van der Waals surface area (Å²) < 4.78 is 12.9. The van der Waals surface area contributed by atoms with Crippen LogP contribution in [0.3, 0.4) is 0 Å². The van der Waals surface area contributed by atoms with Crippen molar-refractivity contribution in [2.24, 2.45) is 0 Å². The van der Waals surface area contributed by atoms with Gasteiger partial charge in [-0.1, -0.05) is 18.2 Å². The van der Waals surface area contributed by atoms with E-state index in [1.165, 1.54) is 17.0 Å². The first-order valence-electron chi connectivity index (χ1n) is 11.4. The largest absolute Gasteiger partial charge is 0.356 e. The van der Waals surface area contributed by atoms with E-state index in [1.807, 2.05) is 11.3 Å². The van der Waals surface area contributed by atoms with Gasteiger partial charge in [0.1, 0.15) is 5.82 Å². The fraction of sp³-hybridized carbons (Fsp3) is 0.520. The van der Waals surface area contributed by atoms with Crippen LogP contribution in [0.2, 0.25) is 0 Å². The van der Waals surface area contributed by atoms with Crippen molar-refractivity contribution in [3.63, 3.8) is 0 Å². The second kappa shape index (κ2) is 11.6. The number of benzene rings is 1. The van der Waals surface area contributed by atoms with Crippen LogP contribution < -0.4 is 10.6 Å². The summed E-state index contributed by atoms with van der Waals surface area (Å²) in [5, 5.41) is 8.17. The number of carbonyl (C=O) groups is 2. The van der Waals surface area contributed by atoms with Crippen molar-refractivity contribution in [2.45, 2.75) is 62.9 Å². The number of carbonyl (C=O) groups excluding carboxylic acids is 2. The average molecular weight is 460 g/mol. The summed E-state index contributed by atoms with van der Waals surface area (Å²) in [6.45, 7) is 0.511. The number of nitrogens with one attached hydrogen (secondary N) is 2. The van der Waals surface area contributed by atoms with Crippen LogP contribution in [0, 0.1) is 5.82 Å². The summed E-state index contributed by atoms with van der Waals surface area (Å²) in [6.07, 6.45) is 5.89. The van der Waals surface area contributed by atoms with Crippen molar-refractivity contribution in [1.82, 2.24) is 15.5 Å². The van der Waals surface area contributed by atoms with Crippen molar-refractivity contribution in [3.05, 3.63) is 58.0 Å². The van der Waals surface area contributed by atoms with Gasteiger partial charge in [0.25, 0.3) is 0 Å². The van der Waals surface area contributed by atoms with E-state index in [1.54, 1.807) is 12.1 Å². The lowest BCUT2D eigenvalue weighted by Gasteiger charge is -2.44.